The second-order valence-electron chi connectivity index (χ2n) is 5.06. The first-order valence-corrected chi connectivity index (χ1v) is 6.99. The molecule has 1 aliphatic heterocycles. The summed E-state index contributed by atoms with van der Waals surface area (Å²) in [6.07, 6.45) is 4.28. The fourth-order valence-electron chi connectivity index (χ4n) is 2.59. The van der Waals surface area contributed by atoms with Crippen LogP contribution < -0.4 is 0 Å². The minimum absolute atomic E-state index is 0.845. The van der Waals surface area contributed by atoms with Crippen LogP contribution in [-0.4, -0.2) is 28.0 Å². The van der Waals surface area contributed by atoms with Gasteiger partial charge in [0, 0.05) is 24.8 Å². The van der Waals surface area contributed by atoms with Gasteiger partial charge in [-0.1, -0.05) is 37.3 Å². The standard InChI is InChI=1S/C16H19N3/c1-2-9-19-10-8-14-11-17-16(18-15(14)12-19)13-6-4-3-5-7-13/h3-7,11H,2,8-10,12H2,1H3. The molecule has 0 radical (unpaired) electrons. The number of fused-ring (bicyclic) bond motifs is 1. The molecular formula is C16H19N3. The quantitative estimate of drug-likeness (QED) is 0.842. The van der Waals surface area contributed by atoms with Crippen molar-refractivity contribution in [2.75, 3.05) is 13.1 Å². The van der Waals surface area contributed by atoms with Gasteiger partial charge in [0.2, 0.25) is 0 Å². The summed E-state index contributed by atoms with van der Waals surface area (Å²) in [4.78, 5) is 11.7. The molecule has 0 fully saturated rings. The lowest BCUT2D eigenvalue weighted by atomic mass is 10.1. The van der Waals surface area contributed by atoms with Crippen molar-refractivity contribution >= 4 is 0 Å². The van der Waals surface area contributed by atoms with Gasteiger partial charge in [0.05, 0.1) is 5.69 Å². The first kappa shape index (κ1) is 12.3. The van der Waals surface area contributed by atoms with Gasteiger partial charge in [0.1, 0.15) is 0 Å². The Morgan fingerprint density at radius 1 is 1.21 bits per heavy atom. The summed E-state index contributed by atoms with van der Waals surface area (Å²) in [5.74, 6) is 0.845. The smallest absolute Gasteiger partial charge is 0.159 e. The SMILES string of the molecule is CCCN1CCc2cnc(-c3ccccc3)nc2C1. The van der Waals surface area contributed by atoms with Crippen molar-refractivity contribution < 1.29 is 0 Å². The summed E-state index contributed by atoms with van der Waals surface area (Å²) in [5, 5.41) is 0. The minimum Gasteiger partial charge on any atom is -0.297 e. The Labute approximate surface area is 114 Å². The van der Waals surface area contributed by atoms with E-state index in [0.717, 1.165) is 37.4 Å². The van der Waals surface area contributed by atoms with Crippen molar-refractivity contribution in [3.63, 3.8) is 0 Å². The van der Waals surface area contributed by atoms with E-state index in [1.54, 1.807) is 0 Å². The van der Waals surface area contributed by atoms with E-state index in [0.29, 0.717) is 0 Å². The molecule has 2 heterocycles. The highest BCUT2D eigenvalue weighted by Crippen LogP contribution is 2.20. The van der Waals surface area contributed by atoms with E-state index in [4.69, 9.17) is 4.98 Å². The molecule has 1 aromatic heterocycles. The van der Waals surface area contributed by atoms with E-state index in [1.165, 1.54) is 17.7 Å². The lowest BCUT2D eigenvalue weighted by Crippen LogP contribution is -2.32. The maximum Gasteiger partial charge on any atom is 0.159 e. The van der Waals surface area contributed by atoms with Crippen molar-refractivity contribution in [2.45, 2.75) is 26.3 Å². The fourth-order valence-corrected chi connectivity index (χ4v) is 2.59. The van der Waals surface area contributed by atoms with Gasteiger partial charge >= 0.3 is 0 Å². The van der Waals surface area contributed by atoms with Crippen LogP contribution in [0.4, 0.5) is 0 Å². The number of hydrogen-bond donors (Lipinski definition) is 0. The average molecular weight is 253 g/mol. The monoisotopic (exact) mass is 253 g/mol. The second-order valence-corrected chi connectivity index (χ2v) is 5.06. The molecule has 1 aliphatic rings. The first-order valence-electron chi connectivity index (χ1n) is 6.99. The third kappa shape index (κ3) is 2.66. The largest absolute Gasteiger partial charge is 0.297 e. The zero-order valence-electron chi connectivity index (χ0n) is 11.3. The summed E-state index contributed by atoms with van der Waals surface area (Å²) in [6, 6.07) is 10.2. The molecule has 3 nitrogen and oxygen atoms in total. The molecule has 0 atom stereocenters. The highest BCUT2D eigenvalue weighted by molar-refractivity contribution is 5.54. The van der Waals surface area contributed by atoms with Crippen molar-refractivity contribution in [1.29, 1.82) is 0 Å². The number of aromatic nitrogens is 2. The van der Waals surface area contributed by atoms with Gasteiger partial charge in [0.15, 0.2) is 5.82 Å². The van der Waals surface area contributed by atoms with Gasteiger partial charge in [-0.2, -0.15) is 0 Å². The maximum atomic E-state index is 4.76. The number of rotatable bonds is 3. The Morgan fingerprint density at radius 2 is 2.05 bits per heavy atom. The molecule has 0 unspecified atom stereocenters. The van der Waals surface area contributed by atoms with Crippen LogP contribution in [0, 0.1) is 0 Å². The molecule has 3 heteroatoms. The van der Waals surface area contributed by atoms with Gasteiger partial charge in [-0.05, 0) is 24.9 Å². The van der Waals surface area contributed by atoms with Gasteiger partial charge in [-0.25, -0.2) is 9.97 Å². The third-order valence-electron chi connectivity index (χ3n) is 3.60. The van der Waals surface area contributed by atoms with Gasteiger partial charge < -0.3 is 0 Å². The van der Waals surface area contributed by atoms with Crippen molar-refractivity contribution in [1.82, 2.24) is 14.9 Å². The molecule has 0 bridgehead atoms. The molecule has 2 aromatic rings. The molecule has 3 rings (SSSR count). The zero-order chi connectivity index (χ0) is 13.1. The van der Waals surface area contributed by atoms with E-state index in [2.05, 4.69) is 28.9 Å². The molecule has 19 heavy (non-hydrogen) atoms. The number of nitrogens with zero attached hydrogens (tertiary/aromatic N) is 3. The van der Waals surface area contributed by atoms with Crippen molar-refractivity contribution in [3.05, 3.63) is 47.8 Å². The van der Waals surface area contributed by atoms with Gasteiger partial charge in [0.25, 0.3) is 0 Å². The van der Waals surface area contributed by atoms with Crippen LogP contribution in [0.5, 0.6) is 0 Å². The minimum atomic E-state index is 0.845. The Morgan fingerprint density at radius 3 is 2.84 bits per heavy atom. The highest BCUT2D eigenvalue weighted by Gasteiger charge is 2.17. The van der Waals surface area contributed by atoms with Crippen LogP contribution in [0.25, 0.3) is 11.4 Å². The molecule has 0 spiro atoms. The van der Waals surface area contributed by atoms with Crippen LogP contribution in [-0.2, 0) is 13.0 Å². The van der Waals surface area contributed by atoms with E-state index in [9.17, 15) is 0 Å². The average Bonchev–Trinajstić information content (AvgIpc) is 2.48. The van der Waals surface area contributed by atoms with Crippen LogP contribution in [0.2, 0.25) is 0 Å². The predicted molar refractivity (Wildman–Crippen MR) is 76.7 cm³/mol. The fraction of sp³-hybridized carbons (Fsp3) is 0.375. The van der Waals surface area contributed by atoms with Crippen molar-refractivity contribution in [3.8, 4) is 11.4 Å². The summed E-state index contributed by atoms with van der Waals surface area (Å²) >= 11 is 0. The molecule has 0 amide bonds. The van der Waals surface area contributed by atoms with Crippen molar-refractivity contribution in [2.24, 2.45) is 0 Å². The predicted octanol–water partition coefficient (Wildman–Crippen LogP) is 2.91. The molecule has 1 aromatic carbocycles. The Kier molecular flexibility index (Phi) is 3.56. The molecule has 0 saturated heterocycles. The Balaban J connectivity index is 1.89. The summed E-state index contributed by atoms with van der Waals surface area (Å²) < 4.78 is 0. The second kappa shape index (κ2) is 5.49. The Hall–Kier alpha value is -1.74. The lowest BCUT2D eigenvalue weighted by Gasteiger charge is -2.27. The van der Waals surface area contributed by atoms with E-state index in [-0.39, 0.29) is 0 Å². The zero-order valence-corrected chi connectivity index (χ0v) is 11.3. The normalized spacial score (nSPS) is 15.2. The van der Waals surface area contributed by atoms with E-state index in [1.807, 2.05) is 24.4 Å². The van der Waals surface area contributed by atoms with Crippen LogP contribution in [0.3, 0.4) is 0 Å². The molecule has 98 valence electrons. The Bertz CT molecular complexity index is 551. The number of benzene rings is 1. The van der Waals surface area contributed by atoms with Crippen LogP contribution >= 0.6 is 0 Å². The number of hydrogen-bond acceptors (Lipinski definition) is 3. The van der Waals surface area contributed by atoms with Crippen LogP contribution in [0.1, 0.15) is 24.6 Å². The van der Waals surface area contributed by atoms with Crippen LogP contribution in [0.15, 0.2) is 36.5 Å². The first-order chi connectivity index (χ1) is 9.36. The lowest BCUT2D eigenvalue weighted by molar-refractivity contribution is 0.250. The maximum absolute atomic E-state index is 4.76. The van der Waals surface area contributed by atoms with E-state index < -0.39 is 0 Å². The molecule has 0 aliphatic carbocycles. The highest BCUT2D eigenvalue weighted by atomic mass is 15.1. The van der Waals surface area contributed by atoms with Gasteiger partial charge in [-0.15, -0.1) is 0 Å². The molecule has 0 N–H and O–H groups in total. The summed E-state index contributed by atoms with van der Waals surface area (Å²) in [7, 11) is 0. The summed E-state index contributed by atoms with van der Waals surface area (Å²) in [5.41, 5.74) is 3.61. The molecular weight excluding hydrogens is 234 g/mol. The molecule has 0 saturated carbocycles. The van der Waals surface area contributed by atoms with E-state index >= 15 is 0 Å². The third-order valence-corrected chi connectivity index (χ3v) is 3.60. The summed E-state index contributed by atoms with van der Waals surface area (Å²) in [6.45, 7) is 5.48. The topological polar surface area (TPSA) is 29.0 Å². The van der Waals surface area contributed by atoms with Gasteiger partial charge in [-0.3, -0.25) is 4.90 Å².